The van der Waals surface area contributed by atoms with E-state index in [1.54, 1.807) is 25.3 Å². The van der Waals surface area contributed by atoms with Crippen molar-refractivity contribution >= 4 is 10.0 Å². The van der Waals surface area contributed by atoms with Crippen LogP contribution in [0.4, 0.5) is 0 Å². The number of sulfonamides is 1. The van der Waals surface area contributed by atoms with Crippen LogP contribution in [-0.4, -0.2) is 34.0 Å². The van der Waals surface area contributed by atoms with Gasteiger partial charge in [-0.2, -0.15) is 0 Å². The number of nitrogens with one attached hydrogen (secondary N) is 1. The highest BCUT2D eigenvalue weighted by molar-refractivity contribution is 7.89. The number of rotatable bonds is 6. The highest BCUT2D eigenvalue weighted by atomic mass is 32.2. The summed E-state index contributed by atoms with van der Waals surface area (Å²) in [6.45, 7) is 3.92. The third-order valence-electron chi connectivity index (χ3n) is 3.59. The van der Waals surface area contributed by atoms with E-state index in [1.807, 2.05) is 44.1 Å². The van der Waals surface area contributed by atoms with Gasteiger partial charge in [-0.15, -0.1) is 0 Å². The molecule has 0 spiro atoms. The summed E-state index contributed by atoms with van der Waals surface area (Å²) in [5, 5.41) is 0. The molecule has 1 aromatic heterocycles. The zero-order valence-corrected chi connectivity index (χ0v) is 14.1. The predicted octanol–water partition coefficient (Wildman–Crippen LogP) is 2.48. The van der Waals surface area contributed by atoms with E-state index in [0.29, 0.717) is 4.90 Å². The van der Waals surface area contributed by atoms with Gasteiger partial charge in [0.1, 0.15) is 5.76 Å². The summed E-state index contributed by atoms with van der Waals surface area (Å²) in [4.78, 5) is 2.24. The van der Waals surface area contributed by atoms with Crippen LogP contribution in [0, 0.1) is 13.8 Å². The molecule has 1 N–H and O–H groups in total. The molecule has 120 valence electrons. The van der Waals surface area contributed by atoms with E-state index in [2.05, 4.69) is 4.72 Å². The van der Waals surface area contributed by atoms with Crippen LogP contribution in [0.2, 0.25) is 0 Å². The largest absolute Gasteiger partial charge is 0.468 e. The molecule has 5 nitrogen and oxygen atoms in total. The Bertz CT molecular complexity index is 722. The number of nitrogens with zero attached hydrogens (tertiary/aromatic N) is 1. The van der Waals surface area contributed by atoms with Crippen molar-refractivity contribution in [2.24, 2.45) is 0 Å². The molecule has 0 fully saturated rings. The minimum absolute atomic E-state index is 0.158. The van der Waals surface area contributed by atoms with E-state index in [0.717, 1.165) is 16.9 Å². The lowest BCUT2D eigenvalue weighted by atomic mass is 10.2. The fourth-order valence-electron chi connectivity index (χ4n) is 2.28. The lowest BCUT2D eigenvalue weighted by molar-refractivity contribution is 0.259. The van der Waals surface area contributed by atoms with Crippen molar-refractivity contribution in [1.29, 1.82) is 0 Å². The Balaban J connectivity index is 2.20. The second kappa shape index (κ2) is 6.64. The average molecular weight is 322 g/mol. The van der Waals surface area contributed by atoms with Gasteiger partial charge in [-0.05, 0) is 57.3 Å². The Morgan fingerprint density at radius 2 is 1.95 bits per heavy atom. The molecule has 0 aliphatic carbocycles. The molecule has 22 heavy (non-hydrogen) atoms. The SMILES string of the molecule is Cc1ccc(C)c(S(=O)(=O)NCC(c2ccco2)N(C)C)c1. The second-order valence-corrected chi connectivity index (χ2v) is 7.35. The van der Waals surface area contributed by atoms with Crippen LogP contribution in [0.5, 0.6) is 0 Å². The summed E-state index contributed by atoms with van der Waals surface area (Å²) in [7, 11) is 0.225. The Labute approximate surface area is 132 Å². The first-order valence-electron chi connectivity index (χ1n) is 7.08. The minimum Gasteiger partial charge on any atom is -0.468 e. The van der Waals surface area contributed by atoms with Crippen LogP contribution in [0.15, 0.2) is 45.9 Å². The second-order valence-electron chi connectivity index (χ2n) is 5.62. The van der Waals surface area contributed by atoms with Crippen molar-refractivity contribution in [3.05, 3.63) is 53.5 Å². The Hall–Kier alpha value is -1.63. The zero-order valence-electron chi connectivity index (χ0n) is 13.3. The predicted molar refractivity (Wildman–Crippen MR) is 86.2 cm³/mol. The number of hydrogen-bond donors (Lipinski definition) is 1. The number of furan rings is 1. The minimum atomic E-state index is -3.55. The molecule has 6 heteroatoms. The highest BCUT2D eigenvalue weighted by Gasteiger charge is 2.22. The Morgan fingerprint density at radius 1 is 1.23 bits per heavy atom. The van der Waals surface area contributed by atoms with Gasteiger partial charge in [-0.1, -0.05) is 12.1 Å². The van der Waals surface area contributed by atoms with Crippen molar-refractivity contribution in [1.82, 2.24) is 9.62 Å². The summed E-state index contributed by atoms with van der Waals surface area (Å²) >= 11 is 0. The van der Waals surface area contributed by atoms with Crippen molar-refractivity contribution in [2.75, 3.05) is 20.6 Å². The average Bonchev–Trinajstić information content (AvgIpc) is 2.95. The van der Waals surface area contributed by atoms with Crippen LogP contribution in [-0.2, 0) is 10.0 Å². The number of benzene rings is 1. The molecule has 1 unspecified atom stereocenters. The van der Waals surface area contributed by atoms with Gasteiger partial charge >= 0.3 is 0 Å². The van der Waals surface area contributed by atoms with Crippen LogP contribution in [0.3, 0.4) is 0 Å². The van der Waals surface area contributed by atoms with E-state index in [9.17, 15) is 8.42 Å². The third kappa shape index (κ3) is 3.76. The van der Waals surface area contributed by atoms with E-state index in [-0.39, 0.29) is 12.6 Å². The van der Waals surface area contributed by atoms with Gasteiger partial charge in [0, 0.05) is 6.54 Å². The lowest BCUT2D eigenvalue weighted by Gasteiger charge is -2.22. The summed E-state index contributed by atoms with van der Waals surface area (Å²) in [6, 6.07) is 8.89. The van der Waals surface area contributed by atoms with E-state index >= 15 is 0 Å². The monoisotopic (exact) mass is 322 g/mol. The molecule has 2 aromatic rings. The van der Waals surface area contributed by atoms with Crippen LogP contribution in [0.25, 0.3) is 0 Å². The lowest BCUT2D eigenvalue weighted by Crippen LogP contribution is -2.34. The van der Waals surface area contributed by atoms with Gasteiger partial charge in [-0.3, -0.25) is 4.90 Å². The molecule has 0 radical (unpaired) electrons. The Kier molecular flexibility index (Phi) is 5.05. The molecule has 1 heterocycles. The zero-order chi connectivity index (χ0) is 16.3. The maximum absolute atomic E-state index is 12.5. The smallest absolute Gasteiger partial charge is 0.240 e. The third-order valence-corrected chi connectivity index (χ3v) is 5.16. The number of aryl methyl sites for hydroxylation is 2. The van der Waals surface area contributed by atoms with Crippen molar-refractivity contribution in [3.63, 3.8) is 0 Å². The topological polar surface area (TPSA) is 62.6 Å². The maximum atomic E-state index is 12.5. The molecule has 0 bridgehead atoms. The molecule has 1 atom stereocenters. The molecule has 2 rings (SSSR count). The highest BCUT2D eigenvalue weighted by Crippen LogP contribution is 2.20. The number of hydrogen-bond acceptors (Lipinski definition) is 4. The van der Waals surface area contributed by atoms with E-state index in [4.69, 9.17) is 4.42 Å². The van der Waals surface area contributed by atoms with Gasteiger partial charge in [-0.25, -0.2) is 13.1 Å². The number of likely N-dealkylation sites (N-methyl/N-ethyl adjacent to an activating group) is 1. The van der Waals surface area contributed by atoms with E-state index < -0.39 is 10.0 Å². The van der Waals surface area contributed by atoms with Gasteiger partial charge in [0.25, 0.3) is 0 Å². The van der Waals surface area contributed by atoms with Gasteiger partial charge in [0.05, 0.1) is 17.2 Å². The molecular formula is C16H22N2O3S. The van der Waals surface area contributed by atoms with Gasteiger partial charge in [0.15, 0.2) is 0 Å². The first-order chi connectivity index (χ1) is 10.3. The normalized spacial score (nSPS) is 13.5. The van der Waals surface area contributed by atoms with Crippen molar-refractivity contribution in [2.45, 2.75) is 24.8 Å². The van der Waals surface area contributed by atoms with Crippen molar-refractivity contribution in [3.8, 4) is 0 Å². The summed E-state index contributed by atoms with van der Waals surface area (Å²) in [5.74, 6) is 0.730. The van der Waals surface area contributed by atoms with Crippen LogP contribution >= 0.6 is 0 Å². The Morgan fingerprint density at radius 3 is 2.55 bits per heavy atom. The summed E-state index contributed by atoms with van der Waals surface area (Å²) < 4.78 is 33.2. The maximum Gasteiger partial charge on any atom is 0.240 e. The van der Waals surface area contributed by atoms with E-state index in [1.165, 1.54) is 0 Å². The summed E-state index contributed by atoms with van der Waals surface area (Å²) in [5.41, 5.74) is 1.65. The molecular weight excluding hydrogens is 300 g/mol. The quantitative estimate of drug-likeness (QED) is 0.887. The molecule has 0 aliphatic heterocycles. The molecule has 0 saturated carbocycles. The molecule has 0 amide bonds. The first-order valence-corrected chi connectivity index (χ1v) is 8.56. The molecule has 1 aromatic carbocycles. The summed E-state index contributed by atoms with van der Waals surface area (Å²) in [6.07, 6.45) is 1.59. The van der Waals surface area contributed by atoms with Crippen LogP contribution < -0.4 is 4.72 Å². The fraction of sp³-hybridized carbons (Fsp3) is 0.375. The fourth-order valence-corrected chi connectivity index (χ4v) is 3.65. The molecule has 0 aliphatic rings. The molecule has 0 saturated heterocycles. The van der Waals surface area contributed by atoms with Gasteiger partial charge in [0.2, 0.25) is 10.0 Å². The standard InChI is InChI=1S/C16H22N2O3S/c1-12-7-8-13(2)16(10-12)22(19,20)17-11-14(18(3)4)15-6-5-9-21-15/h5-10,14,17H,11H2,1-4H3. The van der Waals surface area contributed by atoms with Crippen molar-refractivity contribution < 1.29 is 12.8 Å². The van der Waals surface area contributed by atoms with Gasteiger partial charge < -0.3 is 4.42 Å². The van der Waals surface area contributed by atoms with Crippen LogP contribution in [0.1, 0.15) is 22.9 Å². The first kappa shape index (κ1) is 16.7.